The first kappa shape index (κ1) is 16.7. The molecule has 136 valence electrons. The lowest BCUT2D eigenvalue weighted by Crippen LogP contribution is -2.34. The normalized spacial score (nSPS) is 17.8. The number of fused-ring (bicyclic) bond motifs is 1. The highest BCUT2D eigenvalue weighted by atomic mass is 16.3. The van der Waals surface area contributed by atoms with Gasteiger partial charge in [-0.1, -0.05) is 20.8 Å². The van der Waals surface area contributed by atoms with Gasteiger partial charge >= 0.3 is 6.03 Å². The zero-order valence-corrected chi connectivity index (χ0v) is 15.3. The second kappa shape index (κ2) is 6.20. The van der Waals surface area contributed by atoms with Gasteiger partial charge in [-0.15, -0.1) is 0 Å². The van der Waals surface area contributed by atoms with Gasteiger partial charge in [0, 0.05) is 17.6 Å². The Balaban J connectivity index is 1.54. The van der Waals surface area contributed by atoms with Gasteiger partial charge in [0.1, 0.15) is 11.3 Å². The Kier molecular flexibility index (Phi) is 3.98. The summed E-state index contributed by atoms with van der Waals surface area (Å²) >= 11 is 0. The van der Waals surface area contributed by atoms with Crippen LogP contribution in [0.3, 0.4) is 0 Å². The molecule has 1 saturated heterocycles. The average molecular weight is 353 g/mol. The van der Waals surface area contributed by atoms with Crippen LogP contribution in [0.15, 0.2) is 45.4 Å². The van der Waals surface area contributed by atoms with E-state index in [2.05, 4.69) is 31.1 Å². The number of hydrogen-bond acceptors (Lipinski definition) is 4. The summed E-state index contributed by atoms with van der Waals surface area (Å²) < 4.78 is 11.3. The Hall–Kier alpha value is -2.76. The number of likely N-dealkylation sites (tertiary alicyclic amines) is 1. The van der Waals surface area contributed by atoms with Crippen LogP contribution in [0.5, 0.6) is 0 Å². The summed E-state index contributed by atoms with van der Waals surface area (Å²) in [5.74, 6) is 1.52. The summed E-state index contributed by atoms with van der Waals surface area (Å²) in [7, 11) is 0. The van der Waals surface area contributed by atoms with Gasteiger partial charge in [-0.3, -0.25) is 0 Å². The van der Waals surface area contributed by atoms with Gasteiger partial charge in [-0.2, -0.15) is 0 Å². The van der Waals surface area contributed by atoms with Crippen molar-refractivity contribution >= 4 is 22.8 Å². The van der Waals surface area contributed by atoms with E-state index in [0.717, 1.165) is 36.2 Å². The van der Waals surface area contributed by atoms with E-state index >= 15 is 0 Å². The molecule has 1 fully saturated rings. The summed E-state index contributed by atoms with van der Waals surface area (Å²) in [5.41, 5.74) is 2.02. The minimum Gasteiger partial charge on any atom is -0.467 e. The molecule has 2 aromatic heterocycles. The van der Waals surface area contributed by atoms with Crippen LogP contribution in [0, 0.1) is 0 Å². The Labute approximate surface area is 152 Å². The van der Waals surface area contributed by atoms with E-state index in [1.54, 1.807) is 6.26 Å². The van der Waals surface area contributed by atoms with E-state index in [1.807, 2.05) is 35.2 Å². The fraction of sp³-hybridized carbons (Fsp3) is 0.400. The van der Waals surface area contributed by atoms with E-state index in [9.17, 15) is 4.79 Å². The monoisotopic (exact) mass is 353 g/mol. The van der Waals surface area contributed by atoms with Crippen LogP contribution >= 0.6 is 0 Å². The maximum Gasteiger partial charge on any atom is 0.322 e. The van der Waals surface area contributed by atoms with Crippen molar-refractivity contribution in [2.45, 2.75) is 45.1 Å². The topological polar surface area (TPSA) is 71.5 Å². The van der Waals surface area contributed by atoms with Gasteiger partial charge in [0.05, 0.1) is 12.3 Å². The largest absolute Gasteiger partial charge is 0.467 e. The van der Waals surface area contributed by atoms with E-state index in [-0.39, 0.29) is 17.5 Å². The van der Waals surface area contributed by atoms with E-state index in [0.29, 0.717) is 11.6 Å². The number of anilines is 1. The van der Waals surface area contributed by atoms with Crippen LogP contribution in [-0.4, -0.2) is 22.5 Å². The molecule has 0 bridgehead atoms. The Morgan fingerprint density at radius 2 is 2.15 bits per heavy atom. The van der Waals surface area contributed by atoms with Crippen LogP contribution in [0.25, 0.3) is 11.1 Å². The highest BCUT2D eigenvalue weighted by Crippen LogP contribution is 2.33. The van der Waals surface area contributed by atoms with Crippen LogP contribution in [0.1, 0.15) is 51.3 Å². The van der Waals surface area contributed by atoms with Gasteiger partial charge in [0.25, 0.3) is 0 Å². The first-order valence-electron chi connectivity index (χ1n) is 8.94. The molecule has 6 heteroatoms. The molecule has 6 nitrogen and oxygen atoms in total. The first-order chi connectivity index (χ1) is 12.4. The lowest BCUT2D eigenvalue weighted by Gasteiger charge is -2.23. The number of oxazole rings is 1. The molecular formula is C20H23N3O3. The van der Waals surface area contributed by atoms with Crippen molar-refractivity contribution in [3.63, 3.8) is 0 Å². The van der Waals surface area contributed by atoms with Crippen LogP contribution < -0.4 is 5.32 Å². The minimum absolute atomic E-state index is 0.00623. The molecule has 1 aliphatic heterocycles. The van der Waals surface area contributed by atoms with Gasteiger partial charge in [-0.05, 0) is 43.2 Å². The summed E-state index contributed by atoms with van der Waals surface area (Å²) in [6, 6.07) is 9.19. The second-order valence-corrected chi connectivity index (χ2v) is 7.75. The molecule has 1 aromatic carbocycles. The summed E-state index contributed by atoms with van der Waals surface area (Å²) in [5, 5.41) is 2.98. The first-order valence-corrected chi connectivity index (χ1v) is 8.94. The van der Waals surface area contributed by atoms with Gasteiger partial charge in [0.2, 0.25) is 5.89 Å². The van der Waals surface area contributed by atoms with Gasteiger partial charge < -0.3 is 19.1 Å². The third-order valence-corrected chi connectivity index (χ3v) is 4.67. The van der Waals surface area contributed by atoms with E-state index in [1.165, 1.54) is 0 Å². The molecule has 3 aromatic rings. The average Bonchev–Trinajstić information content (AvgIpc) is 3.32. The zero-order chi connectivity index (χ0) is 18.3. The molecule has 0 radical (unpaired) electrons. The standard InChI is InChI=1S/C20H23N3O3/c1-20(2,3)18-22-14-12-13(8-9-16(14)26-18)21-19(24)23-10-4-6-15(23)17-7-5-11-25-17/h5,7-9,11-12,15H,4,6,10H2,1-3H3,(H,21,24). The molecule has 1 unspecified atom stereocenters. The molecule has 3 heterocycles. The van der Waals surface area contributed by atoms with Crippen LogP contribution in [-0.2, 0) is 5.41 Å². The SMILES string of the molecule is CC(C)(C)c1nc2cc(NC(=O)N3CCCC3c3ccco3)ccc2o1. The number of carbonyl (C=O) groups is 1. The molecule has 26 heavy (non-hydrogen) atoms. The number of benzene rings is 1. The Bertz CT molecular complexity index is 922. The lowest BCUT2D eigenvalue weighted by atomic mass is 9.97. The molecule has 4 rings (SSSR count). The quantitative estimate of drug-likeness (QED) is 0.697. The second-order valence-electron chi connectivity index (χ2n) is 7.75. The molecule has 1 N–H and O–H groups in total. The number of hydrogen-bond donors (Lipinski definition) is 1. The highest BCUT2D eigenvalue weighted by molar-refractivity contribution is 5.92. The number of carbonyl (C=O) groups excluding carboxylic acids is 1. The number of nitrogens with zero attached hydrogens (tertiary/aromatic N) is 2. The van der Waals surface area contributed by atoms with Crippen molar-refractivity contribution in [3.8, 4) is 0 Å². The fourth-order valence-electron chi connectivity index (χ4n) is 3.31. The molecule has 0 saturated carbocycles. The maximum absolute atomic E-state index is 12.8. The van der Waals surface area contributed by atoms with Crippen molar-refractivity contribution < 1.29 is 13.6 Å². The predicted molar refractivity (Wildman–Crippen MR) is 99.1 cm³/mol. The lowest BCUT2D eigenvalue weighted by molar-refractivity contribution is 0.200. The molecule has 0 spiro atoms. The highest BCUT2D eigenvalue weighted by Gasteiger charge is 2.32. The van der Waals surface area contributed by atoms with Crippen molar-refractivity contribution in [2.75, 3.05) is 11.9 Å². The molecule has 2 amide bonds. The number of urea groups is 1. The zero-order valence-electron chi connectivity index (χ0n) is 15.3. The molecular weight excluding hydrogens is 330 g/mol. The van der Waals surface area contributed by atoms with Crippen molar-refractivity contribution in [1.82, 2.24) is 9.88 Å². The molecule has 1 atom stereocenters. The minimum atomic E-state index is -0.158. The molecule has 1 aliphatic rings. The van der Waals surface area contributed by atoms with Crippen LogP contribution in [0.2, 0.25) is 0 Å². The van der Waals surface area contributed by atoms with E-state index < -0.39 is 0 Å². The van der Waals surface area contributed by atoms with Gasteiger partial charge in [-0.25, -0.2) is 9.78 Å². The number of amides is 2. The number of nitrogens with one attached hydrogen (secondary N) is 1. The molecule has 0 aliphatic carbocycles. The Morgan fingerprint density at radius 1 is 1.31 bits per heavy atom. The summed E-state index contributed by atoms with van der Waals surface area (Å²) in [6.07, 6.45) is 3.53. The van der Waals surface area contributed by atoms with Crippen molar-refractivity contribution in [3.05, 3.63) is 48.2 Å². The summed E-state index contributed by atoms with van der Waals surface area (Å²) in [6.45, 7) is 6.89. The maximum atomic E-state index is 12.8. The van der Waals surface area contributed by atoms with Crippen molar-refractivity contribution in [2.24, 2.45) is 0 Å². The Morgan fingerprint density at radius 3 is 2.88 bits per heavy atom. The third kappa shape index (κ3) is 3.07. The van der Waals surface area contributed by atoms with Crippen molar-refractivity contribution in [1.29, 1.82) is 0 Å². The van der Waals surface area contributed by atoms with E-state index in [4.69, 9.17) is 8.83 Å². The third-order valence-electron chi connectivity index (χ3n) is 4.67. The van der Waals surface area contributed by atoms with Crippen LogP contribution in [0.4, 0.5) is 10.5 Å². The number of furan rings is 1. The predicted octanol–water partition coefficient (Wildman–Crippen LogP) is 5.09. The summed E-state index contributed by atoms with van der Waals surface area (Å²) in [4.78, 5) is 19.1. The smallest absolute Gasteiger partial charge is 0.322 e. The van der Waals surface area contributed by atoms with Gasteiger partial charge in [0.15, 0.2) is 5.58 Å². The number of rotatable bonds is 2. The number of aromatic nitrogens is 1. The fourth-order valence-corrected chi connectivity index (χ4v) is 3.31.